The van der Waals surface area contributed by atoms with Gasteiger partial charge in [-0.3, -0.25) is 0 Å². The molecule has 1 heterocycles. The van der Waals surface area contributed by atoms with E-state index in [-0.39, 0.29) is 5.69 Å². The minimum absolute atomic E-state index is 0.0804. The topological polar surface area (TPSA) is 84.3 Å². The third-order valence-electron chi connectivity index (χ3n) is 2.73. The number of nitrogens with one attached hydrogen (secondary N) is 1. The Morgan fingerprint density at radius 2 is 2.10 bits per heavy atom. The van der Waals surface area contributed by atoms with Crippen LogP contribution in [0.25, 0.3) is 0 Å². The van der Waals surface area contributed by atoms with Crippen molar-refractivity contribution in [1.82, 2.24) is 9.97 Å². The predicted octanol–water partition coefficient (Wildman–Crippen LogP) is 2.11. The van der Waals surface area contributed by atoms with Crippen molar-refractivity contribution in [2.75, 3.05) is 19.0 Å². The summed E-state index contributed by atoms with van der Waals surface area (Å²) in [5.74, 6) is -0.593. The lowest BCUT2D eigenvalue weighted by Crippen LogP contribution is -2.04. The average molecular weight is 273 g/mol. The van der Waals surface area contributed by atoms with Crippen LogP contribution in [0.1, 0.15) is 16.1 Å². The van der Waals surface area contributed by atoms with Crippen LogP contribution in [0.4, 0.5) is 11.5 Å². The molecule has 2 rings (SSSR count). The Bertz CT molecular complexity index is 584. The van der Waals surface area contributed by atoms with Crippen molar-refractivity contribution in [3.05, 3.63) is 47.9 Å². The number of carbonyl (C=O) groups is 1. The third-order valence-corrected chi connectivity index (χ3v) is 2.73. The standard InChI is InChI=1S/C14H15N3O3/c1-20-7-6-10-4-2-3-5-11(10)17-13-9-15-12(8-16-13)14(18)19/h2-5,8-9H,6-7H2,1H3,(H,16,17)(H,18,19). The summed E-state index contributed by atoms with van der Waals surface area (Å²) in [5, 5.41) is 11.9. The summed E-state index contributed by atoms with van der Waals surface area (Å²) >= 11 is 0. The second-order valence-electron chi connectivity index (χ2n) is 4.12. The lowest BCUT2D eigenvalue weighted by Gasteiger charge is -2.10. The van der Waals surface area contributed by atoms with Crippen molar-refractivity contribution in [1.29, 1.82) is 0 Å². The fourth-order valence-electron chi connectivity index (χ4n) is 1.71. The van der Waals surface area contributed by atoms with Gasteiger partial charge in [0.25, 0.3) is 0 Å². The smallest absolute Gasteiger partial charge is 0.356 e. The number of hydrogen-bond donors (Lipinski definition) is 2. The zero-order valence-electron chi connectivity index (χ0n) is 11.0. The first kappa shape index (κ1) is 14.0. The molecule has 2 N–H and O–H groups in total. The van der Waals surface area contributed by atoms with Gasteiger partial charge in [-0.25, -0.2) is 14.8 Å². The molecule has 0 unspecified atom stereocenters. The number of methoxy groups -OCH3 is 1. The quantitative estimate of drug-likeness (QED) is 0.838. The second-order valence-corrected chi connectivity index (χ2v) is 4.12. The van der Waals surface area contributed by atoms with Gasteiger partial charge in [0.2, 0.25) is 0 Å². The van der Waals surface area contributed by atoms with Crippen molar-refractivity contribution in [2.24, 2.45) is 0 Å². The number of benzene rings is 1. The molecule has 0 saturated carbocycles. The highest BCUT2D eigenvalue weighted by Gasteiger charge is 2.06. The van der Waals surface area contributed by atoms with Gasteiger partial charge in [-0.15, -0.1) is 0 Å². The summed E-state index contributed by atoms with van der Waals surface area (Å²) in [6.45, 7) is 0.627. The summed E-state index contributed by atoms with van der Waals surface area (Å²) in [7, 11) is 1.66. The maximum Gasteiger partial charge on any atom is 0.356 e. The van der Waals surface area contributed by atoms with Gasteiger partial charge >= 0.3 is 5.97 Å². The Kier molecular flexibility index (Phi) is 4.62. The Labute approximate surface area is 116 Å². The van der Waals surface area contributed by atoms with Crippen LogP contribution in [0.2, 0.25) is 0 Å². The van der Waals surface area contributed by atoms with E-state index in [1.54, 1.807) is 7.11 Å². The van der Waals surface area contributed by atoms with E-state index in [9.17, 15) is 4.79 Å². The Balaban J connectivity index is 2.14. The predicted molar refractivity (Wildman–Crippen MR) is 74.3 cm³/mol. The maximum atomic E-state index is 10.7. The molecule has 0 aliphatic heterocycles. The molecule has 104 valence electrons. The largest absolute Gasteiger partial charge is 0.476 e. The van der Waals surface area contributed by atoms with Crippen LogP contribution in [0, 0.1) is 0 Å². The molecule has 2 aromatic rings. The number of carboxylic acid groups (broad SMARTS) is 1. The molecule has 0 fully saturated rings. The molecule has 0 aliphatic carbocycles. The molecule has 0 radical (unpaired) electrons. The molecule has 0 aliphatic rings. The molecule has 6 heteroatoms. The van der Waals surface area contributed by atoms with Crippen LogP contribution in [0.5, 0.6) is 0 Å². The van der Waals surface area contributed by atoms with Crippen LogP contribution in [0.3, 0.4) is 0 Å². The van der Waals surface area contributed by atoms with Gasteiger partial charge in [0.1, 0.15) is 5.82 Å². The molecule has 0 atom stereocenters. The molecule has 1 aromatic heterocycles. The first-order chi connectivity index (χ1) is 9.70. The SMILES string of the molecule is COCCc1ccccc1Nc1cnc(C(=O)O)cn1. The maximum absolute atomic E-state index is 10.7. The van der Waals surface area contributed by atoms with Crippen molar-refractivity contribution in [2.45, 2.75) is 6.42 Å². The number of aromatic carboxylic acids is 1. The Hall–Kier alpha value is -2.47. The number of nitrogens with zero attached hydrogens (tertiary/aromatic N) is 2. The molecule has 0 amide bonds. The molecule has 0 saturated heterocycles. The number of para-hydroxylation sites is 1. The molecule has 1 aromatic carbocycles. The van der Waals surface area contributed by atoms with Crippen LogP contribution in [0.15, 0.2) is 36.7 Å². The van der Waals surface area contributed by atoms with Crippen LogP contribution in [-0.2, 0) is 11.2 Å². The van der Waals surface area contributed by atoms with Gasteiger partial charge < -0.3 is 15.2 Å². The summed E-state index contributed by atoms with van der Waals surface area (Å²) < 4.78 is 5.07. The molecule has 0 spiro atoms. The van der Waals surface area contributed by atoms with E-state index in [0.717, 1.165) is 17.7 Å². The lowest BCUT2D eigenvalue weighted by molar-refractivity contribution is 0.0690. The van der Waals surface area contributed by atoms with E-state index in [1.165, 1.54) is 12.4 Å². The minimum Gasteiger partial charge on any atom is -0.476 e. The highest BCUT2D eigenvalue weighted by atomic mass is 16.5. The van der Waals surface area contributed by atoms with Gasteiger partial charge in [-0.05, 0) is 18.1 Å². The molecular formula is C14H15N3O3. The van der Waals surface area contributed by atoms with Crippen molar-refractivity contribution < 1.29 is 14.6 Å². The summed E-state index contributed by atoms with van der Waals surface area (Å²) in [4.78, 5) is 18.6. The highest BCUT2D eigenvalue weighted by molar-refractivity contribution is 5.85. The fourth-order valence-corrected chi connectivity index (χ4v) is 1.71. The normalized spacial score (nSPS) is 10.2. The summed E-state index contributed by atoms with van der Waals surface area (Å²) in [5.41, 5.74) is 1.92. The van der Waals surface area contributed by atoms with Gasteiger partial charge in [0.05, 0.1) is 19.0 Å². The number of aromatic nitrogens is 2. The fraction of sp³-hybridized carbons (Fsp3) is 0.214. The molecule has 20 heavy (non-hydrogen) atoms. The number of anilines is 2. The monoisotopic (exact) mass is 273 g/mol. The first-order valence-corrected chi connectivity index (χ1v) is 6.10. The number of carboxylic acids is 1. The summed E-state index contributed by atoms with van der Waals surface area (Å²) in [6, 6.07) is 7.80. The second kappa shape index (κ2) is 6.63. The average Bonchev–Trinajstić information content (AvgIpc) is 2.47. The van der Waals surface area contributed by atoms with Crippen LogP contribution < -0.4 is 5.32 Å². The van der Waals surface area contributed by atoms with E-state index in [0.29, 0.717) is 12.4 Å². The Morgan fingerprint density at radius 1 is 1.30 bits per heavy atom. The Morgan fingerprint density at radius 3 is 2.75 bits per heavy atom. The molecular weight excluding hydrogens is 258 g/mol. The van der Waals surface area contributed by atoms with Crippen LogP contribution >= 0.6 is 0 Å². The lowest BCUT2D eigenvalue weighted by atomic mass is 10.1. The van der Waals surface area contributed by atoms with Gasteiger partial charge in [0.15, 0.2) is 5.69 Å². The van der Waals surface area contributed by atoms with E-state index >= 15 is 0 Å². The summed E-state index contributed by atoms with van der Waals surface area (Å²) in [6.07, 6.45) is 3.40. The van der Waals surface area contributed by atoms with Gasteiger partial charge in [-0.1, -0.05) is 18.2 Å². The van der Waals surface area contributed by atoms with E-state index in [4.69, 9.17) is 9.84 Å². The highest BCUT2D eigenvalue weighted by Crippen LogP contribution is 2.19. The zero-order chi connectivity index (χ0) is 14.4. The van der Waals surface area contributed by atoms with Crippen molar-refractivity contribution in [3.63, 3.8) is 0 Å². The number of ether oxygens (including phenoxy) is 1. The molecule has 0 bridgehead atoms. The third kappa shape index (κ3) is 3.52. The van der Waals surface area contributed by atoms with E-state index in [2.05, 4.69) is 15.3 Å². The van der Waals surface area contributed by atoms with Crippen molar-refractivity contribution in [3.8, 4) is 0 Å². The van der Waals surface area contributed by atoms with E-state index in [1.807, 2.05) is 24.3 Å². The van der Waals surface area contributed by atoms with E-state index < -0.39 is 5.97 Å². The zero-order valence-corrected chi connectivity index (χ0v) is 11.0. The van der Waals surface area contributed by atoms with Gasteiger partial charge in [0, 0.05) is 12.8 Å². The van der Waals surface area contributed by atoms with Crippen molar-refractivity contribution >= 4 is 17.5 Å². The molecule has 6 nitrogen and oxygen atoms in total. The minimum atomic E-state index is -1.09. The first-order valence-electron chi connectivity index (χ1n) is 6.10. The van der Waals surface area contributed by atoms with Gasteiger partial charge in [-0.2, -0.15) is 0 Å². The number of hydrogen-bond acceptors (Lipinski definition) is 5. The number of rotatable bonds is 6. The van der Waals surface area contributed by atoms with Crippen LogP contribution in [-0.4, -0.2) is 34.8 Å².